The molecular formula is C10H13N5OS. The van der Waals surface area contributed by atoms with E-state index in [-0.39, 0.29) is 11.5 Å². The predicted molar refractivity (Wildman–Crippen MR) is 68.7 cm³/mol. The van der Waals surface area contributed by atoms with Gasteiger partial charge in [0.1, 0.15) is 5.39 Å². The molecule has 2 rings (SSSR count). The van der Waals surface area contributed by atoms with Gasteiger partial charge in [-0.3, -0.25) is 14.0 Å². The molecule has 0 bridgehead atoms. The van der Waals surface area contributed by atoms with Crippen LogP contribution in [0.2, 0.25) is 0 Å². The molecule has 0 spiro atoms. The van der Waals surface area contributed by atoms with Crippen LogP contribution in [-0.2, 0) is 13.6 Å². The summed E-state index contributed by atoms with van der Waals surface area (Å²) >= 11 is 4.89. The van der Waals surface area contributed by atoms with Crippen LogP contribution in [0.15, 0.2) is 17.3 Å². The van der Waals surface area contributed by atoms with E-state index in [9.17, 15) is 4.79 Å². The third-order valence-electron chi connectivity index (χ3n) is 2.67. The minimum absolute atomic E-state index is 0.0429. The van der Waals surface area contributed by atoms with Gasteiger partial charge in [-0.2, -0.15) is 5.10 Å². The van der Waals surface area contributed by atoms with Gasteiger partial charge >= 0.3 is 0 Å². The molecule has 0 aliphatic heterocycles. The summed E-state index contributed by atoms with van der Waals surface area (Å²) in [7, 11) is 1.75. The highest BCUT2D eigenvalue weighted by Gasteiger charge is 2.11. The van der Waals surface area contributed by atoms with Crippen molar-refractivity contribution in [2.75, 3.05) is 0 Å². The number of hydrogen-bond donors (Lipinski definition) is 1. The standard InChI is InChI=1S/C10H13N5OS/c1-6(8(11)17)4-15-5-12-9-7(10(15)16)3-13-14(9)2/h3,5-6H,4H2,1-2H3,(H2,11,17). The Hall–Kier alpha value is -1.76. The smallest absolute Gasteiger partial charge is 0.264 e. The maximum absolute atomic E-state index is 12.1. The molecule has 17 heavy (non-hydrogen) atoms. The van der Waals surface area contributed by atoms with E-state index in [4.69, 9.17) is 18.0 Å². The van der Waals surface area contributed by atoms with Crippen molar-refractivity contribution in [2.45, 2.75) is 13.5 Å². The van der Waals surface area contributed by atoms with Gasteiger partial charge in [0.05, 0.1) is 17.5 Å². The van der Waals surface area contributed by atoms with Crippen LogP contribution in [0.1, 0.15) is 6.92 Å². The van der Waals surface area contributed by atoms with Crippen molar-refractivity contribution in [3.63, 3.8) is 0 Å². The van der Waals surface area contributed by atoms with Crippen molar-refractivity contribution in [3.8, 4) is 0 Å². The molecule has 0 aliphatic carbocycles. The summed E-state index contributed by atoms with van der Waals surface area (Å²) in [6, 6.07) is 0. The van der Waals surface area contributed by atoms with Crippen molar-refractivity contribution >= 4 is 28.2 Å². The first-order valence-electron chi connectivity index (χ1n) is 5.17. The number of hydrogen-bond acceptors (Lipinski definition) is 4. The molecule has 0 aromatic carbocycles. The molecule has 7 heteroatoms. The number of thiocarbonyl (C=S) groups is 1. The Kier molecular flexibility index (Phi) is 2.93. The highest BCUT2D eigenvalue weighted by molar-refractivity contribution is 7.80. The Morgan fingerprint density at radius 3 is 3.00 bits per heavy atom. The number of rotatable bonds is 3. The summed E-state index contributed by atoms with van der Waals surface area (Å²) in [5.41, 5.74) is 5.99. The summed E-state index contributed by atoms with van der Waals surface area (Å²) < 4.78 is 3.08. The Morgan fingerprint density at radius 1 is 1.65 bits per heavy atom. The molecular weight excluding hydrogens is 238 g/mol. The van der Waals surface area contributed by atoms with Gasteiger partial charge in [0.15, 0.2) is 5.65 Å². The van der Waals surface area contributed by atoms with Gasteiger partial charge < -0.3 is 5.73 Å². The van der Waals surface area contributed by atoms with Crippen molar-refractivity contribution in [1.29, 1.82) is 0 Å². The second-order valence-corrected chi connectivity index (χ2v) is 4.48. The van der Waals surface area contributed by atoms with Crippen LogP contribution in [0.3, 0.4) is 0 Å². The minimum Gasteiger partial charge on any atom is -0.393 e. The first-order chi connectivity index (χ1) is 8.00. The lowest BCUT2D eigenvalue weighted by atomic mass is 10.2. The maximum Gasteiger partial charge on any atom is 0.264 e. The van der Waals surface area contributed by atoms with E-state index in [1.165, 1.54) is 17.1 Å². The molecule has 0 radical (unpaired) electrons. The highest BCUT2D eigenvalue weighted by atomic mass is 32.1. The predicted octanol–water partition coefficient (Wildman–Crippen LogP) is 0.0522. The summed E-state index contributed by atoms with van der Waals surface area (Å²) in [6.45, 7) is 2.31. The maximum atomic E-state index is 12.1. The van der Waals surface area contributed by atoms with Crippen LogP contribution < -0.4 is 11.3 Å². The van der Waals surface area contributed by atoms with Crippen molar-refractivity contribution < 1.29 is 0 Å². The average Bonchev–Trinajstić information content (AvgIpc) is 2.65. The molecule has 90 valence electrons. The van der Waals surface area contributed by atoms with E-state index < -0.39 is 0 Å². The van der Waals surface area contributed by atoms with E-state index in [0.29, 0.717) is 22.6 Å². The van der Waals surface area contributed by atoms with E-state index in [1.807, 2.05) is 6.92 Å². The Balaban J connectivity index is 2.46. The lowest BCUT2D eigenvalue weighted by molar-refractivity contribution is 0.576. The average molecular weight is 251 g/mol. The normalized spacial score (nSPS) is 12.8. The fourth-order valence-electron chi connectivity index (χ4n) is 1.58. The van der Waals surface area contributed by atoms with E-state index in [0.717, 1.165) is 0 Å². The lowest BCUT2D eigenvalue weighted by Crippen LogP contribution is -2.29. The van der Waals surface area contributed by atoms with Crippen molar-refractivity contribution in [2.24, 2.45) is 18.7 Å². The fraction of sp³-hybridized carbons (Fsp3) is 0.400. The number of nitrogens with zero attached hydrogens (tertiary/aromatic N) is 4. The largest absolute Gasteiger partial charge is 0.393 e. The molecule has 0 amide bonds. The molecule has 0 saturated carbocycles. The van der Waals surface area contributed by atoms with Crippen LogP contribution in [0, 0.1) is 5.92 Å². The van der Waals surface area contributed by atoms with Crippen LogP contribution in [-0.4, -0.2) is 24.3 Å². The molecule has 0 saturated heterocycles. The van der Waals surface area contributed by atoms with E-state index >= 15 is 0 Å². The molecule has 1 atom stereocenters. The highest BCUT2D eigenvalue weighted by Crippen LogP contribution is 2.05. The molecule has 2 aromatic rings. The Labute approximate surface area is 103 Å². The van der Waals surface area contributed by atoms with Crippen LogP contribution in [0.4, 0.5) is 0 Å². The zero-order valence-electron chi connectivity index (χ0n) is 9.62. The lowest BCUT2D eigenvalue weighted by Gasteiger charge is -2.11. The first-order valence-corrected chi connectivity index (χ1v) is 5.58. The fourth-order valence-corrected chi connectivity index (χ4v) is 1.66. The summed E-state index contributed by atoms with van der Waals surface area (Å²) in [5.74, 6) is -0.0429. The number of nitrogens with two attached hydrogens (primary N) is 1. The molecule has 2 aromatic heterocycles. The Bertz CT molecular complexity index is 629. The van der Waals surface area contributed by atoms with Gasteiger partial charge in [-0.05, 0) is 0 Å². The van der Waals surface area contributed by atoms with Crippen molar-refractivity contribution in [1.82, 2.24) is 19.3 Å². The minimum atomic E-state index is -0.119. The topological polar surface area (TPSA) is 78.7 Å². The second kappa shape index (κ2) is 4.25. The molecule has 2 N–H and O–H groups in total. The third kappa shape index (κ3) is 2.05. The van der Waals surface area contributed by atoms with Gasteiger partial charge in [0, 0.05) is 19.5 Å². The molecule has 2 heterocycles. The molecule has 0 aliphatic rings. The van der Waals surface area contributed by atoms with Gasteiger partial charge in [-0.1, -0.05) is 19.1 Å². The molecule has 0 fully saturated rings. The number of aryl methyl sites for hydroxylation is 1. The first kappa shape index (κ1) is 11.7. The van der Waals surface area contributed by atoms with Crippen LogP contribution in [0.25, 0.3) is 11.0 Å². The monoisotopic (exact) mass is 251 g/mol. The molecule has 6 nitrogen and oxygen atoms in total. The quantitative estimate of drug-likeness (QED) is 0.780. The third-order valence-corrected chi connectivity index (χ3v) is 3.08. The van der Waals surface area contributed by atoms with E-state index in [2.05, 4.69) is 10.1 Å². The Morgan fingerprint density at radius 2 is 2.35 bits per heavy atom. The number of fused-ring (bicyclic) bond motifs is 1. The summed E-state index contributed by atoms with van der Waals surface area (Å²) in [6.07, 6.45) is 3.02. The van der Waals surface area contributed by atoms with Gasteiger partial charge in [-0.25, -0.2) is 4.98 Å². The number of aromatic nitrogens is 4. The summed E-state index contributed by atoms with van der Waals surface area (Å²) in [4.78, 5) is 16.7. The zero-order chi connectivity index (χ0) is 12.6. The zero-order valence-corrected chi connectivity index (χ0v) is 10.4. The second-order valence-electron chi connectivity index (χ2n) is 4.01. The summed E-state index contributed by atoms with van der Waals surface area (Å²) in [5, 5.41) is 4.51. The molecule has 1 unspecified atom stereocenters. The van der Waals surface area contributed by atoms with Crippen LogP contribution in [0.5, 0.6) is 0 Å². The van der Waals surface area contributed by atoms with Gasteiger partial charge in [-0.15, -0.1) is 0 Å². The van der Waals surface area contributed by atoms with Gasteiger partial charge in [0.25, 0.3) is 5.56 Å². The van der Waals surface area contributed by atoms with E-state index in [1.54, 1.807) is 11.7 Å². The SMILES string of the molecule is CC(Cn1cnc2c(cnn2C)c1=O)C(N)=S. The van der Waals surface area contributed by atoms with Crippen molar-refractivity contribution in [3.05, 3.63) is 22.9 Å². The van der Waals surface area contributed by atoms with Crippen LogP contribution >= 0.6 is 12.2 Å². The van der Waals surface area contributed by atoms with Gasteiger partial charge in [0.2, 0.25) is 0 Å².